The molecule has 0 spiro atoms. The van der Waals surface area contributed by atoms with Gasteiger partial charge in [-0.25, -0.2) is 9.78 Å². The first-order chi connectivity index (χ1) is 12.6. The Labute approximate surface area is 152 Å². The third kappa shape index (κ3) is 4.11. The number of carbonyl (C=O) groups is 2. The molecule has 7 nitrogen and oxygen atoms in total. The predicted octanol–water partition coefficient (Wildman–Crippen LogP) is 3.25. The van der Waals surface area contributed by atoms with Gasteiger partial charge in [0.25, 0.3) is 0 Å². The Balaban J connectivity index is 1.65. The third-order valence-corrected chi connectivity index (χ3v) is 4.17. The fourth-order valence-corrected chi connectivity index (χ4v) is 2.85. The molecule has 136 valence electrons. The lowest BCUT2D eigenvalue weighted by molar-refractivity contribution is -0.116. The molecule has 3 amide bonds. The van der Waals surface area contributed by atoms with E-state index >= 15 is 0 Å². The molecule has 3 rings (SSSR count). The summed E-state index contributed by atoms with van der Waals surface area (Å²) < 4.78 is 5.41. The zero-order valence-electron chi connectivity index (χ0n) is 14.8. The number of anilines is 2. The molecule has 26 heavy (non-hydrogen) atoms. The summed E-state index contributed by atoms with van der Waals surface area (Å²) in [6, 6.07) is 8.76. The van der Waals surface area contributed by atoms with E-state index < -0.39 is 0 Å². The molecule has 0 unspecified atom stereocenters. The monoisotopic (exact) mass is 354 g/mol. The Morgan fingerprint density at radius 3 is 3.00 bits per heavy atom. The summed E-state index contributed by atoms with van der Waals surface area (Å²) in [7, 11) is 0. The Hall–Kier alpha value is -3.09. The van der Waals surface area contributed by atoms with Crippen LogP contribution in [0.2, 0.25) is 0 Å². The van der Waals surface area contributed by atoms with Crippen molar-refractivity contribution in [2.24, 2.45) is 0 Å². The summed E-state index contributed by atoms with van der Waals surface area (Å²) in [4.78, 5) is 27.9. The quantitative estimate of drug-likeness (QED) is 0.768. The van der Waals surface area contributed by atoms with Crippen LogP contribution in [0.1, 0.15) is 37.4 Å². The molecule has 7 heteroatoms. The van der Waals surface area contributed by atoms with E-state index in [4.69, 9.17) is 4.74 Å². The van der Waals surface area contributed by atoms with Crippen molar-refractivity contribution in [2.75, 3.05) is 17.2 Å². The van der Waals surface area contributed by atoms with Gasteiger partial charge in [0, 0.05) is 18.3 Å². The molecule has 1 atom stereocenters. The largest absolute Gasteiger partial charge is 0.476 e. The highest BCUT2D eigenvalue weighted by Crippen LogP contribution is 2.26. The number of rotatable bonds is 5. The van der Waals surface area contributed by atoms with E-state index in [1.807, 2.05) is 32.0 Å². The number of nitrogens with zero attached hydrogens (tertiary/aromatic N) is 1. The molecular weight excluding hydrogens is 332 g/mol. The molecule has 0 saturated carbocycles. The van der Waals surface area contributed by atoms with Crippen molar-refractivity contribution >= 4 is 23.3 Å². The van der Waals surface area contributed by atoms with E-state index in [0.29, 0.717) is 31.0 Å². The van der Waals surface area contributed by atoms with E-state index in [-0.39, 0.29) is 18.0 Å². The first-order valence-electron chi connectivity index (χ1n) is 8.65. The van der Waals surface area contributed by atoms with Crippen LogP contribution >= 0.6 is 0 Å². The fraction of sp³-hybridized carbons (Fsp3) is 0.316. The Morgan fingerprint density at radius 2 is 2.19 bits per heavy atom. The van der Waals surface area contributed by atoms with Gasteiger partial charge in [0.15, 0.2) is 0 Å². The SMILES string of the molecule is CCOc1ncccc1NC(=O)N[C@@H](C)c1ccc2c(c1)CCC(=O)N2. The summed E-state index contributed by atoms with van der Waals surface area (Å²) in [5.74, 6) is 0.430. The van der Waals surface area contributed by atoms with Crippen molar-refractivity contribution in [1.29, 1.82) is 0 Å². The van der Waals surface area contributed by atoms with Gasteiger partial charge in [-0.1, -0.05) is 12.1 Å². The van der Waals surface area contributed by atoms with Gasteiger partial charge in [-0.3, -0.25) is 4.79 Å². The molecule has 0 bridgehead atoms. The predicted molar refractivity (Wildman–Crippen MR) is 99.4 cm³/mol. The minimum absolute atomic E-state index is 0.0392. The summed E-state index contributed by atoms with van der Waals surface area (Å²) in [6.07, 6.45) is 2.81. The average molecular weight is 354 g/mol. The van der Waals surface area contributed by atoms with Gasteiger partial charge in [0.1, 0.15) is 5.69 Å². The molecule has 0 fully saturated rings. The van der Waals surface area contributed by atoms with Crippen LogP contribution in [0.3, 0.4) is 0 Å². The standard InChI is InChI=1S/C19H22N4O3/c1-3-26-18-16(5-4-10-20-18)23-19(25)21-12(2)13-6-8-15-14(11-13)7-9-17(24)22-15/h4-6,8,10-12H,3,7,9H2,1-2H3,(H,22,24)(H2,21,23,25)/t12-/m0/s1. The zero-order chi connectivity index (χ0) is 18.5. The Morgan fingerprint density at radius 1 is 1.35 bits per heavy atom. The van der Waals surface area contributed by atoms with Crippen LogP contribution < -0.4 is 20.7 Å². The summed E-state index contributed by atoms with van der Waals surface area (Å²) in [6.45, 7) is 4.24. The van der Waals surface area contributed by atoms with Gasteiger partial charge in [-0.15, -0.1) is 0 Å². The van der Waals surface area contributed by atoms with Crippen molar-refractivity contribution in [2.45, 2.75) is 32.7 Å². The maximum Gasteiger partial charge on any atom is 0.319 e. The number of hydrogen-bond donors (Lipinski definition) is 3. The minimum Gasteiger partial charge on any atom is -0.476 e. The van der Waals surface area contributed by atoms with Crippen LogP contribution in [0.5, 0.6) is 5.88 Å². The molecule has 0 aliphatic carbocycles. The molecule has 1 aliphatic rings. The number of benzene rings is 1. The molecule has 0 radical (unpaired) electrons. The molecule has 0 saturated heterocycles. The van der Waals surface area contributed by atoms with Gasteiger partial charge in [-0.05, 0) is 49.6 Å². The second-order valence-electron chi connectivity index (χ2n) is 6.07. The normalized spacial score (nSPS) is 14.0. The number of nitrogens with one attached hydrogen (secondary N) is 3. The van der Waals surface area contributed by atoms with E-state index in [1.165, 1.54) is 0 Å². The van der Waals surface area contributed by atoms with E-state index in [9.17, 15) is 9.59 Å². The highest BCUT2D eigenvalue weighted by Gasteiger charge is 2.17. The molecular formula is C19H22N4O3. The van der Waals surface area contributed by atoms with Crippen LogP contribution in [0.25, 0.3) is 0 Å². The number of amides is 3. The average Bonchev–Trinajstić information content (AvgIpc) is 2.63. The lowest BCUT2D eigenvalue weighted by Gasteiger charge is -2.20. The second-order valence-corrected chi connectivity index (χ2v) is 6.07. The number of ether oxygens (including phenoxy) is 1. The maximum absolute atomic E-state index is 12.3. The number of aryl methyl sites for hydroxylation is 1. The number of fused-ring (bicyclic) bond motifs is 1. The molecule has 2 aromatic rings. The third-order valence-electron chi connectivity index (χ3n) is 4.17. The minimum atomic E-state index is -0.336. The van der Waals surface area contributed by atoms with Crippen LogP contribution in [0, 0.1) is 0 Å². The van der Waals surface area contributed by atoms with Gasteiger partial charge in [0.05, 0.1) is 12.6 Å². The van der Waals surface area contributed by atoms with Crippen molar-refractivity contribution in [3.8, 4) is 5.88 Å². The highest BCUT2D eigenvalue weighted by molar-refractivity contribution is 5.94. The summed E-state index contributed by atoms with van der Waals surface area (Å²) in [5.41, 5.74) is 3.43. The van der Waals surface area contributed by atoms with Crippen molar-refractivity contribution < 1.29 is 14.3 Å². The van der Waals surface area contributed by atoms with Gasteiger partial charge in [0.2, 0.25) is 11.8 Å². The van der Waals surface area contributed by atoms with Crippen molar-refractivity contribution in [1.82, 2.24) is 10.3 Å². The second kappa shape index (κ2) is 7.86. The van der Waals surface area contributed by atoms with Gasteiger partial charge >= 0.3 is 6.03 Å². The topological polar surface area (TPSA) is 92.3 Å². The van der Waals surface area contributed by atoms with Crippen molar-refractivity contribution in [3.63, 3.8) is 0 Å². The van der Waals surface area contributed by atoms with Gasteiger partial charge in [-0.2, -0.15) is 0 Å². The Bertz CT molecular complexity index is 822. The lowest BCUT2D eigenvalue weighted by Crippen LogP contribution is -2.31. The van der Waals surface area contributed by atoms with Crippen LogP contribution in [-0.2, 0) is 11.2 Å². The number of aromatic nitrogens is 1. The zero-order valence-corrected chi connectivity index (χ0v) is 14.8. The number of pyridine rings is 1. The first-order valence-corrected chi connectivity index (χ1v) is 8.65. The maximum atomic E-state index is 12.3. The fourth-order valence-electron chi connectivity index (χ4n) is 2.85. The molecule has 1 aromatic heterocycles. The molecule has 3 N–H and O–H groups in total. The number of carbonyl (C=O) groups excluding carboxylic acids is 2. The highest BCUT2D eigenvalue weighted by atomic mass is 16.5. The number of urea groups is 1. The summed E-state index contributed by atoms with van der Waals surface area (Å²) >= 11 is 0. The van der Waals surface area contributed by atoms with Gasteiger partial charge < -0.3 is 20.7 Å². The number of hydrogen-bond acceptors (Lipinski definition) is 4. The lowest BCUT2D eigenvalue weighted by atomic mass is 9.98. The smallest absolute Gasteiger partial charge is 0.319 e. The molecule has 2 heterocycles. The van der Waals surface area contributed by atoms with E-state index in [2.05, 4.69) is 20.9 Å². The summed E-state index contributed by atoms with van der Waals surface area (Å²) in [5, 5.41) is 8.54. The Kier molecular flexibility index (Phi) is 5.36. The van der Waals surface area contributed by atoms with E-state index in [0.717, 1.165) is 16.8 Å². The van der Waals surface area contributed by atoms with Crippen molar-refractivity contribution in [3.05, 3.63) is 47.7 Å². The molecule has 1 aromatic carbocycles. The first kappa shape index (κ1) is 17.7. The van der Waals surface area contributed by atoms with Crippen LogP contribution in [-0.4, -0.2) is 23.5 Å². The van der Waals surface area contributed by atoms with Crippen LogP contribution in [0.4, 0.5) is 16.2 Å². The molecule has 1 aliphatic heterocycles. The van der Waals surface area contributed by atoms with Crippen LogP contribution in [0.15, 0.2) is 36.5 Å². The van der Waals surface area contributed by atoms with E-state index in [1.54, 1.807) is 18.3 Å².